The minimum atomic E-state index is -0.313. The third kappa shape index (κ3) is 3.30. The Kier molecular flexibility index (Phi) is 4.50. The molecule has 116 valence electrons. The molecule has 0 atom stereocenters. The number of aromatic nitrogens is 1. The lowest BCUT2D eigenvalue weighted by Gasteiger charge is -2.07. The molecule has 0 radical (unpaired) electrons. The molecule has 1 aromatic heterocycles. The number of nitrogens with zero attached hydrogens (tertiary/aromatic N) is 1. The maximum absolute atomic E-state index is 12.6. The predicted molar refractivity (Wildman–Crippen MR) is 93.8 cm³/mol. The Balaban J connectivity index is 1.99. The highest BCUT2D eigenvalue weighted by Gasteiger charge is 2.22. The maximum Gasteiger partial charge on any atom is 0.261 e. The van der Waals surface area contributed by atoms with Crippen LogP contribution in [0.3, 0.4) is 0 Å². The molecule has 2 aromatic carbocycles. The number of carbonyl (C=O) groups is 1. The lowest BCUT2D eigenvalue weighted by atomic mass is 10.1. The molecule has 0 unspecified atom stereocenters. The van der Waals surface area contributed by atoms with E-state index in [-0.39, 0.29) is 5.91 Å². The van der Waals surface area contributed by atoms with E-state index in [2.05, 4.69) is 26.4 Å². The molecule has 0 aliphatic rings. The number of carbonyl (C=O) groups excluding carboxylic acids is 1. The van der Waals surface area contributed by atoms with Crippen molar-refractivity contribution in [2.75, 3.05) is 5.32 Å². The second kappa shape index (κ2) is 6.56. The summed E-state index contributed by atoms with van der Waals surface area (Å²) in [6, 6.07) is 14.6. The first-order valence-electron chi connectivity index (χ1n) is 6.84. The third-order valence-electron chi connectivity index (χ3n) is 3.31. The summed E-state index contributed by atoms with van der Waals surface area (Å²) in [5.41, 5.74) is 2.22. The number of rotatable bonds is 3. The molecule has 0 saturated heterocycles. The summed E-state index contributed by atoms with van der Waals surface area (Å²) >= 11 is 9.50. The first-order valence-corrected chi connectivity index (χ1v) is 8.01. The van der Waals surface area contributed by atoms with Gasteiger partial charge in [0, 0.05) is 10.0 Å². The number of aryl methyl sites for hydroxylation is 1. The molecular formula is C17H12BrClN2O2. The number of hydrogen-bond acceptors (Lipinski definition) is 3. The minimum absolute atomic E-state index is 0.313. The van der Waals surface area contributed by atoms with E-state index < -0.39 is 0 Å². The van der Waals surface area contributed by atoms with Crippen LogP contribution in [-0.2, 0) is 0 Å². The Morgan fingerprint density at radius 2 is 2.00 bits per heavy atom. The van der Waals surface area contributed by atoms with Gasteiger partial charge in [-0.05, 0) is 31.2 Å². The fraction of sp³-hybridized carbons (Fsp3) is 0.0588. The predicted octanol–water partition coefficient (Wildman–Crippen LogP) is 5.32. The van der Waals surface area contributed by atoms with Gasteiger partial charge in [0.1, 0.15) is 17.0 Å². The Bertz CT molecular complexity index is 877. The van der Waals surface area contributed by atoms with Crippen molar-refractivity contribution in [3.63, 3.8) is 0 Å². The van der Waals surface area contributed by atoms with E-state index in [1.54, 1.807) is 31.2 Å². The largest absolute Gasteiger partial charge is 0.360 e. The molecule has 23 heavy (non-hydrogen) atoms. The second-order valence-corrected chi connectivity index (χ2v) is 6.23. The molecule has 3 rings (SSSR count). The summed E-state index contributed by atoms with van der Waals surface area (Å²) in [5.74, 6) is 0.136. The summed E-state index contributed by atoms with van der Waals surface area (Å²) in [4.78, 5) is 12.6. The van der Waals surface area contributed by atoms with Crippen molar-refractivity contribution in [1.29, 1.82) is 0 Å². The molecule has 0 saturated carbocycles. The number of nitrogens with one attached hydrogen (secondary N) is 1. The van der Waals surface area contributed by atoms with Crippen molar-refractivity contribution in [2.24, 2.45) is 0 Å². The average Bonchev–Trinajstić information content (AvgIpc) is 2.91. The van der Waals surface area contributed by atoms with Crippen molar-refractivity contribution in [3.05, 3.63) is 69.3 Å². The first-order chi connectivity index (χ1) is 11.1. The van der Waals surface area contributed by atoms with Crippen molar-refractivity contribution in [3.8, 4) is 11.3 Å². The normalized spacial score (nSPS) is 10.6. The molecule has 0 bridgehead atoms. The lowest BCUT2D eigenvalue weighted by Crippen LogP contribution is -2.13. The van der Waals surface area contributed by atoms with Gasteiger partial charge < -0.3 is 9.84 Å². The van der Waals surface area contributed by atoms with Crippen molar-refractivity contribution in [1.82, 2.24) is 5.16 Å². The van der Waals surface area contributed by atoms with Gasteiger partial charge in [0.2, 0.25) is 0 Å². The quantitative estimate of drug-likeness (QED) is 0.657. The van der Waals surface area contributed by atoms with Crippen molar-refractivity contribution < 1.29 is 9.32 Å². The average molecular weight is 392 g/mol. The molecule has 0 aliphatic carbocycles. The molecule has 1 heterocycles. The molecule has 0 aliphatic heterocycles. The van der Waals surface area contributed by atoms with Crippen LogP contribution in [0.2, 0.25) is 5.02 Å². The monoisotopic (exact) mass is 390 g/mol. The topological polar surface area (TPSA) is 55.1 Å². The van der Waals surface area contributed by atoms with E-state index in [1.165, 1.54) is 0 Å². The Hall–Kier alpha value is -2.11. The van der Waals surface area contributed by atoms with Crippen LogP contribution in [0, 0.1) is 6.92 Å². The number of hydrogen-bond donors (Lipinski definition) is 1. The molecule has 4 nitrogen and oxygen atoms in total. The minimum Gasteiger partial charge on any atom is -0.360 e. The van der Waals surface area contributed by atoms with E-state index in [1.807, 2.05) is 24.3 Å². The fourth-order valence-corrected chi connectivity index (χ4v) is 2.80. The van der Waals surface area contributed by atoms with Gasteiger partial charge in [0.25, 0.3) is 5.91 Å². The summed E-state index contributed by atoms with van der Waals surface area (Å²) in [6.45, 7) is 1.70. The lowest BCUT2D eigenvalue weighted by molar-refractivity contribution is 0.102. The van der Waals surface area contributed by atoms with Crippen LogP contribution < -0.4 is 5.32 Å². The van der Waals surface area contributed by atoms with Crippen LogP contribution in [0.15, 0.2) is 57.5 Å². The van der Waals surface area contributed by atoms with Crippen LogP contribution in [0.1, 0.15) is 16.1 Å². The van der Waals surface area contributed by atoms with E-state index >= 15 is 0 Å². The molecule has 1 N–H and O–H groups in total. The Labute approximate surface area is 146 Å². The van der Waals surface area contributed by atoms with Gasteiger partial charge in [-0.3, -0.25) is 4.79 Å². The van der Waals surface area contributed by atoms with E-state index in [0.29, 0.717) is 27.7 Å². The summed E-state index contributed by atoms with van der Waals surface area (Å²) in [5, 5.41) is 7.29. The van der Waals surface area contributed by atoms with Crippen molar-refractivity contribution >= 4 is 39.1 Å². The highest BCUT2D eigenvalue weighted by molar-refractivity contribution is 9.10. The number of para-hydroxylation sites is 1. The van der Waals surface area contributed by atoms with Crippen molar-refractivity contribution in [2.45, 2.75) is 6.92 Å². The molecule has 0 fully saturated rings. The molecule has 0 spiro atoms. The highest BCUT2D eigenvalue weighted by atomic mass is 79.9. The zero-order chi connectivity index (χ0) is 16.4. The molecule has 3 aromatic rings. The van der Waals surface area contributed by atoms with Crippen LogP contribution >= 0.6 is 27.5 Å². The van der Waals surface area contributed by atoms with E-state index in [9.17, 15) is 4.79 Å². The number of amides is 1. The number of benzene rings is 2. The summed E-state index contributed by atoms with van der Waals surface area (Å²) in [7, 11) is 0. The summed E-state index contributed by atoms with van der Waals surface area (Å²) < 4.78 is 6.12. The van der Waals surface area contributed by atoms with Gasteiger partial charge in [0.05, 0.1) is 10.7 Å². The van der Waals surface area contributed by atoms with Gasteiger partial charge in [-0.1, -0.05) is 57.0 Å². The van der Waals surface area contributed by atoms with Crippen LogP contribution in [-0.4, -0.2) is 11.1 Å². The SMILES string of the molecule is Cc1onc(-c2cccc(Br)c2)c1C(=O)Nc1ccccc1Cl. The van der Waals surface area contributed by atoms with Gasteiger partial charge in [-0.15, -0.1) is 0 Å². The number of anilines is 1. The molecule has 1 amide bonds. The van der Waals surface area contributed by atoms with Gasteiger partial charge >= 0.3 is 0 Å². The zero-order valence-corrected chi connectivity index (χ0v) is 14.5. The summed E-state index contributed by atoms with van der Waals surface area (Å²) in [6.07, 6.45) is 0. The first kappa shape index (κ1) is 15.8. The second-order valence-electron chi connectivity index (χ2n) is 4.91. The molecular weight excluding hydrogens is 380 g/mol. The third-order valence-corrected chi connectivity index (χ3v) is 4.13. The van der Waals surface area contributed by atoms with Gasteiger partial charge in [-0.25, -0.2) is 0 Å². The Morgan fingerprint density at radius 1 is 1.22 bits per heavy atom. The van der Waals surface area contributed by atoms with E-state index in [4.69, 9.17) is 16.1 Å². The smallest absolute Gasteiger partial charge is 0.261 e. The Morgan fingerprint density at radius 3 is 2.74 bits per heavy atom. The zero-order valence-electron chi connectivity index (χ0n) is 12.1. The van der Waals surface area contributed by atoms with Crippen LogP contribution in [0.5, 0.6) is 0 Å². The molecule has 6 heteroatoms. The van der Waals surface area contributed by atoms with Crippen LogP contribution in [0.4, 0.5) is 5.69 Å². The van der Waals surface area contributed by atoms with Gasteiger partial charge in [0.15, 0.2) is 0 Å². The van der Waals surface area contributed by atoms with Crippen LogP contribution in [0.25, 0.3) is 11.3 Å². The number of halogens is 2. The van der Waals surface area contributed by atoms with Gasteiger partial charge in [-0.2, -0.15) is 0 Å². The fourth-order valence-electron chi connectivity index (χ4n) is 2.22. The van der Waals surface area contributed by atoms with E-state index in [0.717, 1.165) is 10.0 Å². The standard InChI is InChI=1S/C17H12BrClN2O2/c1-10-15(17(22)20-14-8-3-2-7-13(14)19)16(21-23-10)11-5-4-6-12(18)9-11/h2-9H,1H3,(H,20,22). The highest BCUT2D eigenvalue weighted by Crippen LogP contribution is 2.29. The maximum atomic E-state index is 12.6.